The highest BCUT2D eigenvalue weighted by molar-refractivity contribution is 9.10. The third-order valence-electron chi connectivity index (χ3n) is 5.99. The normalized spacial score (nSPS) is 11.3. The van der Waals surface area contributed by atoms with Gasteiger partial charge in [0.1, 0.15) is 18.8 Å². The van der Waals surface area contributed by atoms with Crippen LogP contribution in [0.1, 0.15) is 11.1 Å². The number of benzene rings is 4. The van der Waals surface area contributed by atoms with Crippen LogP contribution in [0.2, 0.25) is 10.0 Å². The number of methoxy groups -OCH3 is 1. The van der Waals surface area contributed by atoms with Gasteiger partial charge in [-0.2, -0.15) is 5.10 Å². The minimum Gasteiger partial charge on any atom is -0.493 e. The predicted octanol–water partition coefficient (Wildman–Crippen LogP) is 6.60. The van der Waals surface area contributed by atoms with Crippen molar-refractivity contribution in [1.29, 1.82) is 0 Å². The summed E-state index contributed by atoms with van der Waals surface area (Å²) in [5, 5.41) is 16.4. The molecule has 0 bridgehead atoms. The Hall–Kier alpha value is -4.17. The summed E-state index contributed by atoms with van der Waals surface area (Å²) in [4.78, 5) is 23.7. The van der Waals surface area contributed by atoms with Gasteiger partial charge in [-0.3, -0.25) is 14.9 Å². The highest BCUT2D eigenvalue weighted by atomic mass is 79.9. The van der Waals surface area contributed by atoms with Crippen LogP contribution in [0.4, 0.5) is 11.4 Å². The predicted molar refractivity (Wildman–Crippen MR) is 171 cm³/mol. The Bertz CT molecular complexity index is 1830. The molecule has 0 fully saturated rings. The maximum atomic E-state index is 13.5. The fourth-order valence-electron chi connectivity index (χ4n) is 3.93. The van der Waals surface area contributed by atoms with E-state index in [4.69, 9.17) is 32.7 Å². The third-order valence-corrected chi connectivity index (χ3v) is 9.09. The SMILES string of the molecule is COc1cc(/C=N\NC(=O)CN(c2ccccc2[N+](=O)[O-])S(=O)(=O)c2ccccc2)cc(Br)c1OCc1ccc(Cl)c(Cl)c1. The maximum absolute atomic E-state index is 13.5. The van der Waals surface area contributed by atoms with E-state index in [1.54, 1.807) is 36.4 Å². The van der Waals surface area contributed by atoms with Gasteiger partial charge in [0, 0.05) is 6.07 Å². The molecule has 44 heavy (non-hydrogen) atoms. The Labute approximate surface area is 271 Å². The molecule has 4 rings (SSSR count). The first kappa shape index (κ1) is 32.7. The van der Waals surface area contributed by atoms with Crippen molar-refractivity contribution in [3.05, 3.63) is 121 Å². The molecule has 11 nitrogen and oxygen atoms in total. The van der Waals surface area contributed by atoms with Gasteiger partial charge in [-0.25, -0.2) is 18.1 Å². The first-order valence-electron chi connectivity index (χ1n) is 12.6. The number of nitrogens with one attached hydrogen (secondary N) is 1. The Morgan fingerprint density at radius 3 is 2.43 bits per heavy atom. The Morgan fingerprint density at radius 1 is 1.05 bits per heavy atom. The van der Waals surface area contributed by atoms with E-state index in [2.05, 4.69) is 26.5 Å². The van der Waals surface area contributed by atoms with Crippen LogP contribution >= 0.6 is 39.1 Å². The van der Waals surface area contributed by atoms with E-state index in [1.807, 2.05) is 0 Å². The van der Waals surface area contributed by atoms with Crippen molar-refractivity contribution in [1.82, 2.24) is 5.43 Å². The number of nitro groups is 1. The van der Waals surface area contributed by atoms with Gasteiger partial charge in [-0.1, -0.05) is 59.6 Å². The van der Waals surface area contributed by atoms with E-state index >= 15 is 0 Å². The van der Waals surface area contributed by atoms with E-state index in [0.717, 1.165) is 11.6 Å². The first-order chi connectivity index (χ1) is 21.0. The average Bonchev–Trinajstić information content (AvgIpc) is 3.01. The van der Waals surface area contributed by atoms with Crippen LogP contribution in [0.5, 0.6) is 11.5 Å². The van der Waals surface area contributed by atoms with Crippen molar-refractivity contribution in [2.75, 3.05) is 18.0 Å². The molecule has 4 aromatic rings. The molecule has 0 spiro atoms. The minimum atomic E-state index is -4.37. The number of hydrogen-bond donors (Lipinski definition) is 1. The van der Waals surface area contributed by atoms with Crippen molar-refractivity contribution in [2.45, 2.75) is 11.5 Å². The quantitative estimate of drug-likeness (QED) is 0.0988. The van der Waals surface area contributed by atoms with E-state index in [9.17, 15) is 23.3 Å². The zero-order valence-corrected chi connectivity index (χ0v) is 26.7. The summed E-state index contributed by atoms with van der Waals surface area (Å²) in [6.07, 6.45) is 1.31. The molecule has 0 radical (unpaired) electrons. The standard InChI is InChI=1S/C29H23BrCl2N4O7S/c1-42-27-15-20(13-22(30)29(27)43-18-19-11-12-23(31)24(32)14-19)16-33-34-28(37)17-35(25-9-5-6-10-26(25)36(38)39)44(40,41)21-7-3-2-4-8-21/h2-16H,17-18H2,1H3,(H,34,37)/b33-16-. The summed E-state index contributed by atoms with van der Waals surface area (Å²) in [7, 11) is -2.91. The monoisotopic (exact) mass is 720 g/mol. The summed E-state index contributed by atoms with van der Waals surface area (Å²) in [5.41, 5.74) is 2.80. The number of sulfonamides is 1. The molecule has 0 heterocycles. The fourth-order valence-corrected chi connectivity index (χ4v) is 6.28. The van der Waals surface area contributed by atoms with Crippen LogP contribution in [-0.4, -0.2) is 39.1 Å². The number of nitro benzene ring substituents is 1. The smallest absolute Gasteiger partial charge is 0.293 e. The molecule has 15 heteroatoms. The number of hydrazone groups is 1. The topological polar surface area (TPSA) is 140 Å². The third kappa shape index (κ3) is 7.85. The molecule has 0 unspecified atom stereocenters. The number of ether oxygens (including phenoxy) is 2. The second kappa shape index (κ2) is 14.5. The fraction of sp³-hybridized carbons (Fsp3) is 0.103. The van der Waals surface area contributed by atoms with Crippen LogP contribution < -0.4 is 19.2 Å². The van der Waals surface area contributed by atoms with Crippen molar-refractivity contribution in [3.8, 4) is 11.5 Å². The number of hydrogen-bond acceptors (Lipinski definition) is 8. The van der Waals surface area contributed by atoms with E-state index in [1.165, 1.54) is 55.8 Å². The zero-order valence-electron chi connectivity index (χ0n) is 22.8. The molecule has 0 aliphatic rings. The molecular weight excluding hydrogens is 699 g/mol. The zero-order chi connectivity index (χ0) is 31.9. The van der Waals surface area contributed by atoms with Gasteiger partial charge in [0.2, 0.25) is 0 Å². The highest BCUT2D eigenvalue weighted by Crippen LogP contribution is 2.37. The molecule has 0 atom stereocenters. The first-order valence-corrected chi connectivity index (χ1v) is 15.6. The molecular formula is C29H23BrCl2N4O7S. The summed E-state index contributed by atoms with van der Waals surface area (Å²) in [6, 6.07) is 21.0. The van der Waals surface area contributed by atoms with Gasteiger partial charge < -0.3 is 9.47 Å². The van der Waals surface area contributed by atoms with Crippen molar-refractivity contribution >= 4 is 72.7 Å². The van der Waals surface area contributed by atoms with E-state index in [0.29, 0.717) is 35.9 Å². The van der Waals surface area contributed by atoms with Gasteiger partial charge in [-0.05, 0) is 69.5 Å². The number of rotatable bonds is 12. The second-order valence-corrected chi connectivity index (χ2v) is 12.5. The molecule has 0 aromatic heterocycles. The minimum absolute atomic E-state index is 0.145. The molecule has 228 valence electrons. The number of para-hydroxylation sites is 2. The lowest BCUT2D eigenvalue weighted by Crippen LogP contribution is -2.39. The summed E-state index contributed by atoms with van der Waals surface area (Å²) < 4.78 is 39.6. The van der Waals surface area contributed by atoms with Gasteiger partial charge >= 0.3 is 0 Å². The van der Waals surface area contributed by atoms with Crippen molar-refractivity contribution < 1.29 is 27.6 Å². The van der Waals surface area contributed by atoms with Crippen LogP contribution in [0.15, 0.2) is 99.4 Å². The van der Waals surface area contributed by atoms with Crippen LogP contribution in [0, 0.1) is 10.1 Å². The maximum Gasteiger partial charge on any atom is 0.293 e. The summed E-state index contributed by atoms with van der Waals surface area (Å²) in [6.45, 7) is -0.606. The Morgan fingerprint density at radius 2 is 1.75 bits per heavy atom. The number of nitrogens with zero attached hydrogens (tertiary/aromatic N) is 3. The molecule has 1 N–H and O–H groups in total. The van der Waals surface area contributed by atoms with Crippen LogP contribution in [0.3, 0.4) is 0 Å². The second-order valence-electron chi connectivity index (χ2n) is 8.93. The van der Waals surface area contributed by atoms with Gasteiger partial charge in [0.25, 0.3) is 21.6 Å². The van der Waals surface area contributed by atoms with Gasteiger partial charge in [0.15, 0.2) is 11.5 Å². The molecule has 0 saturated heterocycles. The lowest BCUT2D eigenvalue weighted by atomic mass is 10.2. The highest BCUT2D eigenvalue weighted by Gasteiger charge is 2.31. The number of carbonyl (C=O) groups excluding carboxylic acids is 1. The van der Waals surface area contributed by atoms with Gasteiger partial charge in [-0.15, -0.1) is 0 Å². The molecule has 4 aromatic carbocycles. The lowest BCUT2D eigenvalue weighted by molar-refractivity contribution is -0.384. The summed E-state index contributed by atoms with van der Waals surface area (Å²) in [5.74, 6) is -0.0683. The van der Waals surface area contributed by atoms with E-state index < -0.39 is 33.1 Å². The van der Waals surface area contributed by atoms with Crippen LogP contribution in [-0.2, 0) is 21.4 Å². The Balaban J connectivity index is 1.52. The number of amides is 1. The molecule has 0 saturated carbocycles. The molecule has 0 aliphatic carbocycles. The molecule has 1 amide bonds. The number of halogens is 3. The van der Waals surface area contributed by atoms with Crippen molar-refractivity contribution in [3.63, 3.8) is 0 Å². The van der Waals surface area contributed by atoms with Crippen LogP contribution in [0.25, 0.3) is 0 Å². The average molecular weight is 722 g/mol. The number of carbonyl (C=O) groups is 1. The largest absolute Gasteiger partial charge is 0.493 e. The van der Waals surface area contributed by atoms with E-state index in [-0.39, 0.29) is 17.2 Å². The van der Waals surface area contributed by atoms with Crippen molar-refractivity contribution in [2.24, 2.45) is 5.10 Å². The lowest BCUT2D eigenvalue weighted by Gasteiger charge is -2.23. The number of anilines is 1. The van der Waals surface area contributed by atoms with Gasteiger partial charge in [0.05, 0.1) is 37.7 Å². The molecule has 0 aliphatic heterocycles. The Kier molecular flexibility index (Phi) is 10.8. The summed E-state index contributed by atoms with van der Waals surface area (Å²) >= 11 is 15.5.